The number of carbonyl (C=O) groups is 1. The maximum Gasteiger partial charge on any atom is 0.335 e. The summed E-state index contributed by atoms with van der Waals surface area (Å²) in [6, 6.07) is 24.3. The van der Waals surface area contributed by atoms with Gasteiger partial charge in [-0.25, -0.2) is 19.7 Å². The number of nitrogen functional groups attached to an aromatic ring is 1. The van der Waals surface area contributed by atoms with Crippen molar-refractivity contribution < 1.29 is 9.90 Å². The fraction of sp³-hybridized carbons (Fsp3) is 0.0667. The first-order valence-electron chi connectivity index (χ1n) is 12.5. The molecule has 12 heteroatoms. The fourth-order valence-electron chi connectivity index (χ4n) is 3.85. The first-order chi connectivity index (χ1) is 20.0. The van der Waals surface area contributed by atoms with Crippen LogP contribution in [0.3, 0.4) is 0 Å². The van der Waals surface area contributed by atoms with E-state index < -0.39 is 5.97 Å². The monoisotopic (exact) mass is 562 g/mol. The van der Waals surface area contributed by atoms with E-state index in [-0.39, 0.29) is 13.0 Å². The van der Waals surface area contributed by atoms with Gasteiger partial charge in [-0.3, -0.25) is 0 Å². The Balaban J connectivity index is 0.000000128. The molecule has 0 amide bonds. The van der Waals surface area contributed by atoms with E-state index in [1.165, 1.54) is 18.0 Å². The van der Waals surface area contributed by atoms with E-state index >= 15 is 0 Å². The van der Waals surface area contributed by atoms with Gasteiger partial charge in [0, 0.05) is 5.69 Å². The van der Waals surface area contributed by atoms with Crippen LogP contribution in [0.4, 0.5) is 5.69 Å². The number of aromatic amines is 4. The lowest BCUT2D eigenvalue weighted by Gasteiger charge is -1.92. The first kappa shape index (κ1) is 29.0. The topological polar surface area (TPSA) is 191 Å². The molecule has 0 bridgehead atoms. The molecule has 4 heterocycles. The number of aromatic carboxylic acids is 1. The Bertz CT molecular complexity index is 1930. The second-order valence-electron chi connectivity index (χ2n) is 8.85. The number of imidazole rings is 3. The molecule has 0 saturated carbocycles. The van der Waals surface area contributed by atoms with E-state index in [2.05, 4.69) is 45.3 Å². The SMILES string of the molecule is C.Cc1ccc2n[nH]nc2c1.Nc1ccc2nc[nH]c2c1.O=C(O)c1ccc2nc[nH]c2c1.c1ccc2[nH]cnc2c1. The smallest absolute Gasteiger partial charge is 0.335 e. The number of hydrogen-bond donors (Lipinski definition) is 6. The third-order valence-corrected chi connectivity index (χ3v) is 5.91. The largest absolute Gasteiger partial charge is 0.478 e. The maximum atomic E-state index is 10.5. The van der Waals surface area contributed by atoms with Crippen LogP contribution in [-0.4, -0.2) is 56.4 Å². The maximum absolute atomic E-state index is 10.5. The molecule has 0 saturated heterocycles. The Morgan fingerprint density at radius 1 is 0.667 bits per heavy atom. The zero-order chi connectivity index (χ0) is 28.6. The molecular formula is C30H30N10O2. The van der Waals surface area contributed by atoms with Crippen LogP contribution < -0.4 is 5.73 Å². The van der Waals surface area contributed by atoms with Gasteiger partial charge in [0.2, 0.25) is 0 Å². The van der Waals surface area contributed by atoms with Crippen LogP contribution in [0.25, 0.3) is 44.1 Å². The van der Waals surface area contributed by atoms with Crippen LogP contribution in [-0.2, 0) is 0 Å². The van der Waals surface area contributed by atoms with Gasteiger partial charge in [0.1, 0.15) is 11.0 Å². The van der Waals surface area contributed by atoms with E-state index in [0.29, 0.717) is 0 Å². The molecule has 0 unspecified atom stereocenters. The van der Waals surface area contributed by atoms with Crippen LogP contribution in [0.15, 0.2) is 97.8 Å². The summed E-state index contributed by atoms with van der Waals surface area (Å²) in [6.45, 7) is 2.04. The van der Waals surface area contributed by atoms with Crippen molar-refractivity contribution >= 4 is 55.8 Å². The van der Waals surface area contributed by atoms with Crippen molar-refractivity contribution in [3.05, 3.63) is 109 Å². The van der Waals surface area contributed by atoms with E-state index in [0.717, 1.165) is 49.8 Å². The Kier molecular flexibility index (Phi) is 9.20. The third-order valence-electron chi connectivity index (χ3n) is 5.91. The number of carboxylic acid groups (broad SMARTS) is 1. The van der Waals surface area contributed by atoms with Crippen LogP contribution in [0.5, 0.6) is 0 Å². The molecule has 0 aliphatic rings. The highest BCUT2D eigenvalue weighted by Gasteiger charge is 2.03. The van der Waals surface area contributed by atoms with Gasteiger partial charge in [0.25, 0.3) is 0 Å². The number of para-hydroxylation sites is 2. The zero-order valence-electron chi connectivity index (χ0n) is 21.9. The van der Waals surface area contributed by atoms with E-state index in [4.69, 9.17) is 10.8 Å². The van der Waals surface area contributed by atoms with Crippen LogP contribution in [0.2, 0.25) is 0 Å². The molecule has 0 radical (unpaired) electrons. The van der Waals surface area contributed by atoms with Gasteiger partial charge in [0.05, 0.1) is 57.6 Å². The summed E-state index contributed by atoms with van der Waals surface area (Å²) in [7, 11) is 0. The van der Waals surface area contributed by atoms with E-state index in [1.807, 2.05) is 67.6 Å². The quantitative estimate of drug-likeness (QED) is 0.134. The molecule has 7 N–H and O–H groups in total. The van der Waals surface area contributed by atoms with Crippen molar-refractivity contribution in [2.24, 2.45) is 0 Å². The van der Waals surface area contributed by atoms with E-state index in [9.17, 15) is 4.79 Å². The number of fused-ring (bicyclic) bond motifs is 4. The number of aryl methyl sites for hydroxylation is 1. The van der Waals surface area contributed by atoms with Crippen molar-refractivity contribution in [3.63, 3.8) is 0 Å². The van der Waals surface area contributed by atoms with Gasteiger partial charge in [-0.2, -0.15) is 15.4 Å². The minimum absolute atomic E-state index is 0. The number of aromatic nitrogens is 9. The third kappa shape index (κ3) is 7.12. The number of rotatable bonds is 1. The molecule has 0 aliphatic heterocycles. The van der Waals surface area contributed by atoms with Crippen molar-refractivity contribution in [1.29, 1.82) is 0 Å². The summed E-state index contributed by atoms with van der Waals surface area (Å²) >= 11 is 0. The molecule has 4 aromatic carbocycles. The van der Waals surface area contributed by atoms with Crippen molar-refractivity contribution in [3.8, 4) is 0 Å². The van der Waals surface area contributed by atoms with Gasteiger partial charge in [-0.1, -0.05) is 25.6 Å². The highest BCUT2D eigenvalue weighted by atomic mass is 16.4. The lowest BCUT2D eigenvalue weighted by atomic mass is 10.2. The average Bonchev–Trinajstić information content (AvgIpc) is 3.79. The second kappa shape index (κ2) is 13.3. The average molecular weight is 563 g/mol. The number of benzene rings is 4. The minimum Gasteiger partial charge on any atom is -0.478 e. The number of nitrogens with two attached hydrogens (primary N) is 1. The van der Waals surface area contributed by atoms with Crippen molar-refractivity contribution in [2.45, 2.75) is 14.4 Å². The van der Waals surface area contributed by atoms with Crippen LogP contribution in [0, 0.1) is 6.92 Å². The molecule has 0 spiro atoms. The van der Waals surface area contributed by atoms with Gasteiger partial charge in [-0.15, -0.1) is 0 Å². The second-order valence-corrected chi connectivity index (χ2v) is 8.85. The lowest BCUT2D eigenvalue weighted by molar-refractivity contribution is 0.0697. The zero-order valence-corrected chi connectivity index (χ0v) is 21.9. The Morgan fingerprint density at radius 2 is 1.24 bits per heavy atom. The highest BCUT2D eigenvalue weighted by Crippen LogP contribution is 2.12. The minimum atomic E-state index is -0.925. The molecule has 8 aromatic rings. The molecule has 212 valence electrons. The van der Waals surface area contributed by atoms with Crippen LogP contribution in [0.1, 0.15) is 23.3 Å². The Labute approximate surface area is 240 Å². The Hall–Kier alpha value is -6.04. The van der Waals surface area contributed by atoms with Crippen molar-refractivity contribution in [1.82, 2.24) is 45.3 Å². The molecule has 0 fully saturated rings. The summed E-state index contributed by atoms with van der Waals surface area (Å²) in [6.07, 6.45) is 4.89. The van der Waals surface area contributed by atoms with Gasteiger partial charge >= 0.3 is 5.97 Å². The number of nitrogens with one attached hydrogen (secondary N) is 4. The lowest BCUT2D eigenvalue weighted by Crippen LogP contribution is -1.94. The van der Waals surface area contributed by atoms with Gasteiger partial charge < -0.3 is 25.8 Å². The summed E-state index contributed by atoms with van der Waals surface area (Å²) in [5, 5.41) is 19.1. The normalized spacial score (nSPS) is 10.1. The summed E-state index contributed by atoms with van der Waals surface area (Å²) in [5.41, 5.74) is 15.2. The fourth-order valence-corrected chi connectivity index (χ4v) is 3.85. The number of hydrogen-bond acceptors (Lipinski definition) is 7. The molecule has 12 nitrogen and oxygen atoms in total. The molecule has 4 aromatic heterocycles. The molecular weight excluding hydrogens is 532 g/mol. The highest BCUT2D eigenvalue weighted by molar-refractivity contribution is 5.92. The van der Waals surface area contributed by atoms with Crippen molar-refractivity contribution in [2.75, 3.05) is 5.73 Å². The van der Waals surface area contributed by atoms with E-state index in [1.54, 1.807) is 24.8 Å². The number of anilines is 1. The number of nitrogens with zero attached hydrogens (tertiary/aromatic N) is 5. The van der Waals surface area contributed by atoms with Crippen LogP contribution >= 0.6 is 0 Å². The van der Waals surface area contributed by atoms with Gasteiger partial charge in [-0.05, 0) is 73.2 Å². The summed E-state index contributed by atoms with van der Waals surface area (Å²) < 4.78 is 0. The predicted octanol–water partition coefficient (Wildman–Crippen LogP) is 5.87. The molecule has 8 rings (SSSR count). The molecule has 0 atom stereocenters. The summed E-state index contributed by atoms with van der Waals surface area (Å²) in [5.74, 6) is -0.925. The number of carboxylic acids is 1. The molecule has 0 aliphatic carbocycles. The number of H-pyrrole nitrogens is 4. The standard InChI is InChI=1S/C8H6N2O2.2C7H7N3.C7H6N2.CH4/c11-8(12)5-1-2-6-7(3-5)10-4-9-6;1-5-2-3-6-7(4-5)9-10-8-6;8-5-1-2-6-7(3-5)10-4-9-6;1-2-4-7-6(3-1)8-5-9-7;/h1-4H,(H,9,10)(H,11,12);2-4H,1H3,(H,8,9,10);1-4H,8H2,(H,9,10);1-5H,(H,8,9);1H4. The first-order valence-corrected chi connectivity index (χ1v) is 12.5. The Morgan fingerprint density at radius 3 is 1.93 bits per heavy atom. The predicted molar refractivity (Wildman–Crippen MR) is 165 cm³/mol. The van der Waals surface area contributed by atoms with Gasteiger partial charge in [0.15, 0.2) is 0 Å². The molecule has 42 heavy (non-hydrogen) atoms. The summed E-state index contributed by atoms with van der Waals surface area (Å²) in [4.78, 5) is 31.4.